The molecule has 1 amide bonds. The van der Waals surface area contributed by atoms with Gasteiger partial charge in [0, 0.05) is 18.7 Å². The molecule has 0 atom stereocenters. The fraction of sp³-hybridized carbons (Fsp3) is 0.375. The Hall–Kier alpha value is -3.14. The summed E-state index contributed by atoms with van der Waals surface area (Å²) in [7, 11) is 1.63. The molecule has 10 heteroatoms. The van der Waals surface area contributed by atoms with Gasteiger partial charge in [0.1, 0.15) is 11.5 Å². The van der Waals surface area contributed by atoms with Crippen LogP contribution in [0.2, 0.25) is 0 Å². The van der Waals surface area contributed by atoms with Crippen LogP contribution in [0.1, 0.15) is 25.3 Å². The number of nitrogens with one attached hydrogen (secondary N) is 1. The van der Waals surface area contributed by atoms with Gasteiger partial charge in [0.25, 0.3) is 0 Å². The van der Waals surface area contributed by atoms with Crippen LogP contribution in [-0.4, -0.2) is 46.7 Å². The highest BCUT2D eigenvalue weighted by atomic mass is 32.2. The summed E-state index contributed by atoms with van der Waals surface area (Å²) in [5, 5.41) is 12.3. The Kier molecular flexibility index (Phi) is 9.69. The van der Waals surface area contributed by atoms with Crippen LogP contribution < -0.4 is 14.8 Å². The molecule has 1 N–H and O–H groups in total. The second-order valence-electron chi connectivity index (χ2n) is 7.45. The fourth-order valence-electron chi connectivity index (χ4n) is 3.23. The summed E-state index contributed by atoms with van der Waals surface area (Å²) in [6.07, 6.45) is 2.59. The maximum Gasteiger partial charge on any atom is 0.387 e. The Balaban J connectivity index is 1.53. The standard InChI is InChI=1S/C24H28F2N4O3S/c1-3-4-15-30-22(18-7-11-19(32-2)12-8-18)28-29-24(30)34-16-21(31)27-14-13-17-5-9-20(10-6-17)33-23(25)26/h5-12,23H,3-4,13-16H2,1-2H3,(H,27,31). The van der Waals surface area contributed by atoms with Crippen molar-refractivity contribution >= 4 is 17.7 Å². The van der Waals surface area contributed by atoms with E-state index in [0.29, 0.717) is 18.1 Å². The first-order valence-electron chi connectivity index (χ1n) is 11.0. The molecule has 0 saturated carbocycles. The van der Waals surface area contributed by atoms with Crippen molar-refractivity contribution in [3.8, 4) is 22.9 Å². The minimum absolute atomic E-state index is 0.111. The monoisotopic (exact) mass is 490 g/mol. The third kappa shape index (κ3) is 7.44. The third-order valence-electron chi connectivity index (χ3n) is 5.02. The summed E-state index contributed by atoms with van der Waals surface area (Å²) in [6.45, 7) is 0.480. The number of hydrogen-bond acceptors (Lipinski definition) is 6. The molecule has 182 valence electrons. The van der Waals surface area contributed by atoms with E-state index in [1.54, 1.807) is 19.2 Å². The average Bonchev–Trinajstić information content (AvgIpc) is 3.24. The van der Waals surface area contributed by atoms with Crippen molar-refractivity contribution in [3.05, 3.63) is 54.1 Å². The number of halogens is 2. The van der Waals surface area contributed by atoms with Gasteiger partial charge in [0.15, 0.2) is 11.0 Å². The fourth-order valence-corrected chi connectivity index (χ4v) is 4.03. The minimum Gasteiger partial charge on any atom is -0.497 e. The molecule has 0 aliphatic carbocycles. The van der Waals surface area contributed by atoms with Gasteiger partial charge in [-0.25, -0.2) is 0 Å². The Morgan fingerprint density at radius 3 is 2.44 bits per heavy atom. The number of aromatic nitrogens is 3. The van der Waals surface area contributed by atoms with Gasteiger partial charge in [-0.3, -0.25) is 4.79 Å². The van der Waals surface area contributed by atoms with E-state index < -0.39 is 6.61 Å². The van der Waals surface area contributed by atoms with Crippen molar-refractivity contribution in [3.63, 3.8) is 0 Å². The zero-order valence-corrected chi connectivity index (χ0v) is 20.0. The van der Waals surface area contributed by atoms with E-state index in [1.165, 1.54) is 23.9 Å². The van der Waals surface area contributed by atoms with E-state index in [2.05, 4.69) is 27.2 Å². The van der Waals surface area contributed by atoms with Crippen molar-refractivity contribution < 1.29 is 23.0 Å². The number of thioether (sulfide) groups is 1. The highest BCUT2D eigenvalue weighted by Gasteiger charge is 2.15. The molecule has 2 aromatic carbocycles. The maximum atomic E-state index is 12.3. The van der Waals surface area contributed by atoms with Crippen molar-refractivity contribution in [1.29, 1.82) is 0 Å². The zero-order valence-electron chi connectivity index (χ0n) is 19.2. The van der Waals surface area contributed by atoms with Gasteiger partial charge in [0.2, 0.25) is 5.91 Å². The minimum atomic E-state index is -2.84. The van der Waals surface area contributed by atoms with Crippen LogP contribution in [0, 0.1) is 0 Å². The number of rotatable bonds is 13. The lowest BCUT2D eigenvalue weighted by Gasteiger charge is -2.10. The van der Waals surface area contributed by atoms with E-state index in [9.17, 15) is 13.6 Å². The van der Waals surface area contributed by atoms with Crippen molar-refractivity contribution in [2.75, 3.05) is 19.4 Å². The predicted molar refractivity (Wildman–Crippen MR) is 127 cm³/mol. The van der Waals surface area contributed by atoms with Crippen LogP contribution in [0.3, 0.4) is 0 Å². The maximum absolute atomic E-state index is 12.3. The van der Waals surface area contributed by atoms with Gasteiger partial charge in [0.05, 0.1) is 12.9 Å². The van der Waals surface area contributed by atoms with Crippen molar-refractivity contribution in [2.24, 2.45) is 0 Å². The number of methoxy groups -OCH3 is 1. The van der Waals surface area contributed by atoms with Crippen LogP contribution in [0.25, 0.3) is 11.4 Å². The van der Waals surface area contributed by atoms with Gasteiger partial charge < -0.3 is 19.4 Å². The summed E-state index contributed by atoms with van der Waals surface area (Å²) in [5.74, 6) is 1.75. The van der Waals surface area contributed by atoms with Crippen LogP contribution >= 0.6 is 11.8 Å². The number of amides is 1. The average molecular weight is 491 g/mol. The van der Waals surface area contributed by atoms with Crippen LogP contribution in [0.4, 0.5) is 8.78 Å². The number of carbonyl (C=O) groups is 1. The molecule has 0 radical (unpaired) electrons. The first kappa shape index (κ1) is 25.5. The summed E-state index contributed by atoms with van der Waals surface area (Å²) < 4.78 is 36.1. The lowest BCUT2D eigenvalue weighted by Crippen LogP contribution is -2.27. The molecule has 0 spiro atoms. The first-order chi connectivity index (χ1) is 16.5. The molecule has 3 rings (SSSR count). The van der Waals surface area contributed by atoms with Crippen molar-refractivity contribution in [1.82, 2.24) is 20.1 Å². The topological polar surface area (TPSA) is 78.3 Å². The second kappa shape index (κ2) is 12.9. The number of hydrogen-bond donors (Lipinski definition) is 1. The number of nitrogens with zero attached hydrogens (tertiary/aromatic N) is 3. The molecule has 0 fully saturated rings. The highest BCUT2D eigenvalue weighted by Crippen LogP contribution is 2.26. The highest BCUT2D eigenvalue weighted by molar-refractivity contribution is 7.99. The molecule has 1 aromatic heterocycles. The second-order valence-corrected chi connectivity index (χ2v) is 8.39. The number of ether oxygens (including phenoxy) is 2. The number of benzene rings is 2. The van der Waals surface area contributed by atoms with Gasteiger partial charge in [-0.15, -0.1) is 10.2 Å². The molecule has 0 unspecified atom stereocenters. The normalized spacial score (nSPS) is 11.0. The molecule has 3 aromatic rings. The number of unbranched alkanes of at least 4 members (excludes halogenated alkanes) is 1. The Bertz CT molecular complexity index is 1040. The zero-order chi connectivity index (χ0) is 24.3. The molecule has 0 aliphatic heterocycles. The molecule has 34 heavy (non-hydrogen) atoms. The predicted octanol–water partition coefficient (Wildman–Crippen LogP) is 4.81. The molecular weight excluding hydrogens is 462 g/mol. The Labute approximate surface area is 201 Å². The largest absolute Gasteiger partial charge is 0.497 e. The van der Waals surface area contributed by atoms with E-state index in [1.807, 2.05) is 28.8 Å². The van der Waals surface area contributed by atoms with E-state index in [4.69, 9.17) is 4.74 Å². The number of alkyl halides is 2. The van der Waals surface area contributed by atoms with Crippen LogP contribution in [0.5, 0.6) is 11.5 Å². The lowest BCUT2D eigenvalue weighted by molar-refractivity contribution is -0.118. The third-order valence-corrected chi connectivity index (χ3v) is 5.98. The molecular formula is C24H28F2N4O3S. The van der Waals surface area contributed by atoms with Crippen molar-refractivity contribution in [2.45, 2.75) is 44.5 Å². The Morgan fingerprint density at radius 2 is 1.79 bits per heavy atom. The smallest absolute Gasteiger partial charge is 0.387 e. The van der Waals surface area contributed by atoms with Gasteiger partial charge in [-0.05, 0) is 54.8 Å². The van der Waals surface area contributed by atoms with Crippen LogP contribution in [0.15, 0.2) is 53.7 Å². The van der Waals surface area contributed by atoms with Gasteiger partial charge in [-0.1, -0.05) is 37.2 Å². The summed E-state index contributed by atoms with van der Waals surface area (Å²) >= 11 is 1.35. The molecule has 0 aliphatic rings. The summed E-state index contributed by atoms with van der Waals surface area (Å²) in [4.78, 5) is 12.3. The molecule has 0 saturated heterocycles. The quantitative estimate of drug-likeness (QED) is 0.347. The summed E-state index contributed by atoms with van der Waals surface area (Å²) in [5.41, 5.74) is 1.85. The lowest BCUT2D eigenvalue weighted by atomic mass is 10.1. The molecule has 0 bridgehead atoms. The first-order valence-corrected chi connectivity index (χ1v) is 12.0. The van der Waals surface area contributed by atoms with Gasteiger partial charge in [-0.2, -0.15) is 8.78 Å². The summed E-state index contributed by atoms with van der Waals surface area (Å²) in [6, 6.07) is 14.0. The van der Waals surface area contributed by atoms with E-state index in [-0.39, 0.29) is 17.4 Å². The SMILES string of the molecule is CCCCn1c(SCC(=O)NCCc2ccc(OC(F)F)cc2)nnc1-c1ccc(OC)cc1. The number of carbonyl (C=O) groups excluding carboxylic acids is 1. The van der Waals surface area contributed by atoms with Gasteiger partial charge >= 0.3 is 6.61 Å². The van der Waals surface area contributed by atoms with Crippen LogP contribution in [-0.2, 0) is 17.8 Å². The van der Waals surface area contributed by atoms with E-state index >= 15 is 0 Å². The molecule has 1 heterocycles. The Morgan fingerprint density at radius 1 is 1.09 bits per heavy atom. The molecule has 7 nitrogen and oxygen atoms in total. The van der Waals surface area contributed by atoms with E-state index in [0.717, 1.165) is 42.1 Å².